The third-order valence-corrected chi connectivity index (χ3v) is 4.28. The molecule has 17 heavy (non-hydrogen) atoms. The molecule has 4 nitrogen and oxygen atoms in total. The third-order valence-electron chi connectivity index (χ3n) is 4.28. The zero-order chi connectivity index (χ0) is 12.0. The highest BCUT2D eigenvalue weighted by Crippen LogP contribution is 2.42. The van der Waals surface area contributed by atoms with Crippen LogP contribution in [0.15, 0.2) is 4.79 Å². The van der Waals surface area contributed by atoms with Crippen LogP contribution in [0.2, 0.25) is 0 Å². The van der Waals surface area contributed by atoms with E-state index in [-0.39, 0.29) is 5.69 Å². The van der Waals surface area contributed by atoms with Gasteiger partial charge in [0.2, 0.25) is 0 Å². The first-order chi connectivity index (χ1) is 8.07. The Bertz CT molecular complexity index is 483. The summed E-state index contributed by atoms with van der Waals surface area (Å²) < 4.78 is 3.66. The van der Waals surface area contributed by atoms with Crippen molar-refractivity contribution >= 4 is 0 Å². The molecule has 0 N–H and O–H groups in total. The molecule has 0 amide bonds. The Balaban J connectivity index is 1.94. The van der Waals surface area contributed by atoms with Crippen molar-refractivity contribution in [2.45, 2.75) is 65.0 Å². The summed E-state index contributed by atoms with van der Waals surface area (Å²) in [5, 5.41) is 4.57. The zero-order valence-electron chi connectivity index (χ0n) is 10.8. The van der Waals surface area contributed by atoms with Crippen molar-refractivity contribution in [2.24, 2.45) is 5.41 Å². The van der Waals surface area contributed by atoms with Crippen molar-refractivity contribution < 1.29 is 0 Å². The molecule has 2 heterocycles. The molecule has 0 radical (unpaired) electrons. The highest BCUT2D eigenvalue weighted by Gasteiger charge is 2.34. The standard InChI is InChI=1S/C13H21N3O/c1-13(2)7-6-10(9-13)16-12(17)15-8-4-3-5-11(15)14-16/h10H,3-9H2,1-2H3. The first-order valence-electron chi connectivity index (χ1n) is 6.75. The quantitative estimate of drug-likeness (QED) is 0.748. The Morgan fingerprint density at radius 3 is 2.82 bits per heavy atom. The Labute approximate surface area is 102 Å². The van der Waals surface area contributed by atoms with Gasteiger partial charge < -0.3 is 0 Å². The van der Waals surface area contributed by atoms with E-state index in [0.717, 1.165) is 38.1 Å². The molecule has 4 heteroatoms. The van der Waals surface area contributed by atoms with Crippen molar-refractivity contribution in [3.8, 4) is 0 Å². The van der Waals surface area contributed by atoms with Gasteiger partial charge >= 0.3 is 5.69 Å². The molecule has 1 atom stereocenters. The number of rotatable bonds is 1. The van der Waals surface area contributed by atoms with Gasteiger partial charge in [0.15, 0.2) is 0 Å². The Hall–Kier alpha value is -1.06. The third kappa shape index (κ3) is 1.83. The molecule has 1 aliphatic carbocycles. The van der Waals surface area contributed by atoms with Gasteiger partial charge in [0, 0.05) is 13.0 Å². The van der Waals surface area contributed by atoms with E-state index in [4.69, 9.17) is 0 Å². The maximum Gasteiger partial charge on any atom is 0.346 e. The summed E-state index contributed by atoms with van der Waals surface area (Å²) >= 11 is 0. The minimum atomic E-state index is 0.127. The number of nitrogens with zero attached hydrogens (tertiary/aromatic N) is 3. The maximum atomic E-state index is 12.3. The first-order valence-corrected chi connectivity index (χ1v) is 6.75. The molecule has 1 unspecified atom stereocenters. The molecular weight excluding hydrogens is 214 g/mol. The zero-order valence-corrected chi connectivity index (χ0v) is 10.8. The molecule has 1 fully saturated rings. The molecule has 0 bridgehead atoms. The molecule has 3 rings (SSSR count). The van der Waals surface area contributed by atoms with Crippen molar-refractivity contribution in [3.63, 3.8) is 0 Å². The predicted octanol–water partition coefficient (Wildman–Crippen LogP) is 2.13. The number of fused-ring (bicyclic) bond motifs is 1. The normalized spacial score (nSPS) is 27.1. The lowest BCUT2D eigenvalue weighted by molar-refractivity contribution is 0.345. The van der Waals surface area contributed by atoms with Crippen LogP contribution in [0.4, 0.5) is 0 Å². The molecule has 1 aromatic rings. The van der Waals surface area contributed by atoms with Gasteiger partial charge in [-0.3, -0.25) is 4.57 Å². The summed E-state index contributed by atoms with van der Waals surface area (Å²) in [5.41, 5.74) is 0.496. The van der Waals surface area contributed by atoms with Gasteiger partial charge in [-0.1, -0.05) is 13.8 Å². The van der Waals surface area contributed by atoms with Crippen LogP contribution in [0.3, 0.4) is 0 Å². The van der Waals surface area contributed by atoms with Gasteiger partial charge in [-0.15, -0.1) is 0 Å². The largest absolute Gasteiger partial charge is 0.346 e. The number of aryl methyl sites for hydroxylation is 1. The first kappa shape index (κ1) is 11.1. The average Bonchev–Trinajstić information content (AvgIpc) is 2.81. The second-order valence-corrected chi connectivity index (χ2v) is 6.31. The molecule has 1 aromatic heterocycles. The van der Waals surface area contributed by atoms with E-state index >= 15 is 0 Å². The second kappa shape index (κ2) is 3.72. The molecule has 1 saturated carbocycles. The Morgan fingerprint density at radius 1 is 1.35 bits per heavy atom. The fourth-order valence-corrected chi connectivity index (χ4v) is 3.26. The van der Waals surface area contributed by atoms with Gasteiger partial charge in [0.1, 0.15) is 5.82 Å². The number of hydrogen-bond acceptors (Lipinski definition) is 2. The van der Waals surface area contributed by atoms with Crippen LogP contribution in [0.1, 0.15) is 57.8 Å². The Morgan fingerprint density at radius 2 is 2.18 bits per heavy atom. The molecule has 1 aliphatic heterocycles. The minimum absolute atomic E-state index is 0.127. The number of hydrogen-bond donors (Lipinski definition) is 0. The van der Waals surface area contributed by atoms with Crippen LogP contribution in [0, 0.1) is 5.41 Å². The van der Waals surface area contributed by atoms with E-state index in [1.165, 1.54) is 12.8 Å². The summed E-state index contributed by atoms with van der Waals surface area (Å²) in [6.07, 6.45) is 6.65. The van der Waals surface area contributed by atoms with E-state index in [1.54, 1.807) is 4.68 Å². The molecular formula is C13H21N3O. The van der Waals surface area contributed by atoms with E-state index in [0.29, 0.717) is 11.5 Å². The average molecular weight is 235 g/mol. The van der Waals surface area contributed by atoms with Gasteiger partial charge in [-0.2, -0.15) is 5.10 Å². The van der Waals surface area contributed by atoms with E-state index in [1.807, 2.05) is 4.57 Å². The van der Waals surface area contributed by atoms with E-state index in [9.17, 15) is 4.79 Å². The summed E-state index contributed by atoms with van der Waals surface area (Å²) in [7, 11) is 0. The van der Waals surface area contributed by atoms with Crippen LogP contribution in [0.25, 0.3) is 0 Å². The highest BCUT2D eigenvalue weighted by atomic mass is 16.2. The highest BCUT2D eigenvalue weighted by molar-refractivity contribution is 4.94. The summed E-state index contributed by atoms with van der Waals surface area (Å²) in [6.45, 7) is 5.44. The smallest absolute Gasteiger partial charge is 0.279 e. The molecule has 94 valence electrons. The van der Waals surface area contributed by atoms with Crippen LogP contribution in [0.5, 0.6) is 0 Å². The maximum absolute atomic E-state index is 12.3. The lowest BCUT2D eigenvalue weighted by atomic mass is 9.92. The topological polar surface area (TPSA) is 39.8 Å². The summed E-state index contributed by atoms with van der Waals surface area (Å²) in [6, 6.07) is 0.329. The second-order valence-electron chi connectivity index (χ2n) is 6.31. The fraction of sp³-hybridized carbons (Fsp3) is 0.846. The lowest BCUT2D eigenvalue weighted by Gasteiger charge is -2.16. The van der Waals surface area contributed by atoms with E-state index < -0.39 is 0 Å². The van der Waals surface area contributed by atoms with Crippen LogP contribution in [-0.2, 0) is 13.0 Å². The van der Waals surface area contributed by atoms with Gasteiger partial charge in [-0.05, 0) is 37.5 Å². The van der Waals surface area contributed by atoms with Crippen LogP contribution >= 0.6 is 0 Å². The van der Waals surface area contributed by atoms with Crippen LogP contribution in [-0.4, -0.2) is 14.3 Å². The monoisotopic (exact) mass is 235 g/mol. The summed E-state index contributed by atoms with van der Waals surface area (Å²) in [4.78, 5) is 12.3. The van der Waals surface area contributed by atoms with Crippen molar-refractivity contribution in [3.05, 3.63) is 16.3 Å². The minimum Gasteiger partial charge on any atom is -0.279 e. The van der Waals surface area contributed by atoms with Gasteiger partial charge in [-0.25, -0.2) is 9.48 Å². The van der Waals surface area contributed by atoms with Gasteiger partial charge in [0.25, 0.3) is 0 Å². The predicted molar refractivity (Wildman–Crippen MR) is 66.1 cm³/mol. The van der Waals surface area contributed by atoms with E-state index in [2.05, 4.69) is 18.9 Å². The van der Waals surface area contributed by atoms with Crippen LogP contribution < -0.4 is 5.69 Å². The lowest BCUT2D eigenvalue weighted by Crippen LogP contribution is -2.29. The molecule has 2 aliphatic rings. The van der Waals surface area contributed by atoms with Gasteiger partial charge in [0.05, 0.1) is 6.04 Å². The molecule has 0 spiro atoms. The van der Waals surface area contributed by atoms with Crippen molar-refractivity contribution in [1.82, 2.24) is 14.3 Å². The molecule has 0 saturated heterocycles. The molecule has 0 aromatic carbocycles. The Kier molecular flexibility index (Phi) is 2.42. The summed E-state index contributed by atoms with van der Waals surface area (Å²) in [5.74, 6) is 1.01. The van der Waals surface area contributed by atoms with Crippen molar-refractivity contribution in [2.75, 3.05) is 0 Å². The number of aromatic nitrogens is 3. The SMILES string of the molecule is CC1(C)CCC(n2nc3n(c2=O)CCCC3)C1. The fourth-order valence-electron chi connectivity index (χ4n) is 3.26. The van der Waals surface area contributed by atoms with Crippen molar-refractivity contribution in [1.29, 1.82) is 0 Å².